The average Bonchev–Trinajstić information content (AvgIpc) is 2.72. The number of guanidine groups is 1. The van der Waals surface area contributed by atoms with Crippen LogP contribution < -0.4 is 10.6 Å². The van der Waals surface area contributed by atoms with Crippen LogP contribution in [0.4, 0.5) is 0 Å². The zero-order valence-corrected chi connectivity index (χ0v) is 21.5. The summed E-state index contributed by atoms with van der Waals surface area (Å²) in [4.78, 5) is 6.85. The van der Waals surface area contributed by atoms with Crippen LogP contribution >= 0.6 is 24.0 Å². The van der Waals surface area contributed by atoms with Gasteiger partial charge in [-0.3, -0.25) is 9.89 Å². The molecule has 8 heteroatoms. The Bertz CT molecular complexity index is 454. The predicted octanol–water partition coefficient (Wildman–Crippen LogP) is 2.76. The SMILES string of the molecule is CCNC(=NCC(C)(O)CN1CCOCC1)NCCCCCOC1CCCCC1.I. The highest BCUT2D eigenvalue weighted by atomic mass is 127. The average molecular weight is 541 g/mol. The van der Waals surface area contributed by atoms with Crippen molar-refractivity contribution in [1.82, 2.24) is 15.5 Å². The minimum Gasteiger partial charge on any atom is -0.387 e. The summed E-state index contributed by atoms with van der Waals surface area (Å²) in [5, 5.41) is 17.4. The van der Waals surface area contributed by atoms with E-state index in [4.69, 9.17) is 9.47 Å². The van der Waals surface area contributed by atoms with Gasteiger partial charge in [0.1, 0.15) is 0 Å². The van der Waals surface area contributed by atoms with Gasteiger partial charge < -0.3 is 25.2 Å². The number of rotatable bonds is 12. The van der Waals surface area contributed by atoms with Gasteiger partial charge in [0.05, 0.1) is 31.5 Å². The fourth-order valence-electron chi connectivity index (χ4n) is 3.97. The molecule has 178 valence electrons. The maximum atomic E-state index is 10.7. The number of nitrogens with one attached hydrogen (secondary N) is 2. The van der Waals surface area contributed by atoms with Crippen LogP contribution in [0.15, 0.2) is 4.99 Å². The van der Waals surface area contributed by atoms with Crippen molar-refractivity contribution in [3.8, 4) is 0 Å². The van der Waals surface area contributed by atoms with E-state index in [1.807, 2.05) is 6.92 Å². The molecule has 2 fully saturated rings. The van der Waals surface area contributed by atoms with Crippen LogP contribution in [-0.2, 0) is 9.47 Å². The van der Waals surface area contributed by atoms with Gasteiger partial charge in [0.25, 0.3) is 0 Å². The van der Waals surface area contributed by atoms with Crippen molar-refractivity contribution in [2.75, 3.05) is 59.1 Å². The Balaban J connectivity index is 0.00000450. The molecule has 1 atom stereocenters. The third-order valence-electron chi connectivity index (χ3n) is 5.61. The van der Waals surface area contributed by atoms with Crippen molar-refractivity contribution < 1.29 is 14.6 Å². The molecule has 1 saturated heterocycles. The summed E-state index contributed by atoms with van der Waals surface area (Å²) in [6, 6.07) is 0. The molecule has 1 aliphatic carbocycles. The van der Waals surface area contributed by atoms with E-state index in [1.54, 1.807) is 0 Å². The van der Waals surface area contributed by atoms with Gasteiger partial charge in [-0.05, 0) is 46.0 Å². The quantitative estimate of drug-likeness (QED) is 0.153. The highest BCUT2D eigenvalue weighted by Crippen LogP contribution is 2.20. The molecule has 1 aliphatic heterocycles. The van der Waals surface area contributed by atoms with Gasteiger partial charge in [0.2, 0.25) is 0 Å². The summed E-state index contributed by atoms with van der Waals surface area (Å²) in [6.07, 6.45) is 10.4. The summed E-state index contributed by atoms with van der Waals surface area (Å²) in [5.74, 6) is 0.785. The lowest BCUT2D eigenvalue weighted by Gasteiger charge is -2.33. The molecule has 0 radical (unpaired) electrons. The number of hydrogen-bond acceptors (Lipinski definition) is 5. The Hall–Kier alpha value is -0.160. The van der Waals surface area contributed by atoms with Gasteiger partial charge >= 0.3 is 0 Å². The van der Waals surface area contributed by atoms with Crippen molar-refractivity contribution in [2.45, 2.75) is 76.9 Å². The Morgan fingerprint density at radius 2 is 1.87 bits per heavy atom. The monoisotopic (exact) mass is 540 g/mol. The van der Waals surface area contributed by atoms with Gasteiger partial charge in [0.15, 0.2) is 5.96 Å². The summed E-state index contributed by atoms with van der Waals surface area (Å²) in [7, 11) is 0. The first-order chi connectivity index (χ1) is 14.1. The standard InChI is InChI=1S/C22H44N4O3.HI/c1-3-23-21(25-18-22(2,27)19-26-13-16-28-17-14-26)24-12-8-5-9-15-29-20-10-6-4-7-11-20;/h20,27H,3-19H2,1-2H3,(H2,23,24,25);1H. The predicted molar refractivity (Wildman–Crippen MR) is 134 cm³/mol. The van der Waals surface area contributed by atoms with Gasteiger partial charge in [-0.25, -0.2) is 0 Å². The number of morpholine rings is 1. The van der Waals surface area contributed by atoms with Crippen LogP contribution in [0.25, 0.3) is 0 Å². The lowest BCUT2D eigenvalue weighted by molar-refractivity contribution is -0.0180. The molecule has 0 aromatic heterocycles. The van der Waals surface area contributed by atoms with E-state index in [0.717, 1.165) is 71.2 Å². The first-order valence-electron chi connectivity index (χ1n) is 11.8. The minimum atomic E-state index is -0.837. The topological polar surface area (TPSA) is 78.4 Å². The minimum absolute atomic E-state index is 0. The van der Waals surface area contributed by atoms with E-state index < -0.39 is 5.60 Å². The fraction of sp³-hybridized carbons (Fsp3) is 0.955. The van der Waals surface area contributed by atoms with Crippen LogP contribution in [0, 0.1) is 0 Å². The number of halogens is 1. The van der Waals surface area contributed by atoms with E-state index in [-0.39, 0.29) is 24.0 Å². The van der Waals surface area contributed by atoms with Crippen molar-refractivity contribution >= 4 is 29.9 Å². The van der Waals surface area contributed by atoms with E-state index in [1.165, 1.54) is 32.1 Å². The van der Waals surface area contributed by atoms with Crippen molar-refractivity contribution in [3.63, 3.8) is 0 Å². The second-order valence-electron chi connectivity index (χ2n) is 8.70. The van der Waals surface area contributed by atoms with E-state index >= 15 is 0 Å². The summed E-state index contributed by atoms with van der Waals surface area (Å²) in [5.41, 5.74) is -0.837. The highest BCUT2D eigenvalue weighted by molar-refractivity contribution is 14.0. The highest BCUT2D eigenvalue weighted by Gasteiger charge is 2.25. The normalized spacial score (nSPS) is 21.0. The molecule has 1 saturated carbocycles. The third-order valence-corrected chi connectivity index (χ3v) is 5.61. The van der Waals surface area contributed by atoms with Crippen LogP contribution in [-0.4, -0.2) is 86.8 Å². The number of aliphatic imine (C=N–C) groups is 1. The van der Waals surface area contributed by atoms with Crippen molar-refractivity contribution in [1.29, 1.82) is 0 Å². The number of nitrogens with zero attached hydrogens (tertiary/aromatic N) is 2. The molecule has 2 rings (SSSR count). The molecule has 1 unspecified atom stereocenters. The summed E-state index contributed by atoms with van der Waals surface area (Å²) < 4.78 is 11.4. The first-order valence-corrected chi connectivity index (χ1v) is 11.8. The zero-order chi connectivity index (χ0) is 20.8. The summed E-state index contributed by atoms with van der Waals surface area (Å²) in [6.45, 7) is 10.8. The Kier molecular flexibility index (Phi) is 15.3. The molecule has 2 aliphatic rings. The second kappa shape index (κ2) is 16.5. The summed E-state index contributed by atoms with van der Waals surface area (Å²) >= 11 is 0. The van der Waals surface area contributed by atoms with Gasteiger partial charge in [-0.2, -0.15) is 0 Å². The maximum Gasteiger partial charge on any atom is 0.191 e. The molecule has 0 aromatic carbocycles. The molecule has 0 aromatic rings. The molecule has 7 nitrogen and oxygen atoms in total. The molecule has 0 spiro atoms. The zero-order valence-electron chi connectivity index (χ0n) is 19.2. The molecule has 3 N–H and O–H groups in total. The Morgan fingerprint density at radius 3 is 2.57 bits per heavy atom. The molecular weight excluding hydrogens is 495 g/mol. The largest absolute Gasteiger partial charge is 0.387 e. The van der Waals surface area contributed by atoms with Crippen LogP contribution in [0.5, 0.6) is 0 Å². The number of β-amino-alcohol motifs (C(OH)–C–C–N with tert-alkyl or cyclic N) is 1. The number of aliphatic hydroxyl groups is 1. The lowest BCUT2D eigenvalue weighted by Crippen LogP contribution is -2.48. The first kappa shape index (κ1) is 27.9. The number of unbranched alkanes of at least 4 members (excludes halogenated alkanes) is 2. The van der Waals surface area contributed by atoms with Gasteiger partial charge in [-0.15, -0.1) is 24.0 Å². The van der Waals surface area contributed by atoms with Gasteiger partial charge in [-0.1, -0.05) is 19.3 Å². The van der Waals surface area contributed by atoms with E-state index in [2.05, 4.69) is 27.4 Å². The second-order valence-corrected chi connectivity index (χ2v) is 8.70. The van der Waals surface area contributed by atoms with Crippen LogP contribution in [0.3, 0.4) is 0 Å². The lowest BCUT2D eigenvalue weighted by atomic mass is 9.98. The van der Waals surface area contributed by atoms with E-state index in [0.29, 0.717) is 19.2 Å². The number of hydrogen-bond donors (Lipinski definition) is 3. The van der Waals surface area contributed by atoms with Crippen LogP contribution in [0.2, 0.25) is 0 Å². The smallest absolute Gasteiger partial charge is 0.191 e. The fourth-order valence-corrected chi connectivity index (χ4v) is 3.97. The van der Waals surface area contributed by atoms with Gasteiger partial charge in [0, 0.05) is 39.3 Å². The number of ether oxygens (including phenoxy) is 2. The third kappa shape index (κ3) is 12.6. The molecular formula is C22H45IN4O3. The van der Waals surface area contributed by atoms with Crippen LogP contribution in [0.1, 0.15) is 65.2 Å². The Labute approximate surface area is 200 Å². The van der Waals surface area contributed by atoms with E-state index in [9.17, 15) is 5.11 Å². The molecule has 1 heterocycles. The maximum absolute atomic E-state index is 10.7. The van der Waals surface area contributed by atoms with Crippen molar-refractivity contribution in [2.24, 2.45) is 4.99 Å². The Morgan fingerprint density at radius 1 is 1.13 bits per heavy atom. The van der Waals surface area contributed by atoms with Crippen molar-refractivity contribution in [3.05, 3.63) is 0 Å². The molecule has 0 bridgehead atoms. The molecule has 0 amide bonds. The molecule has 30 heavy (non-hydrogen) atoms.